The Hall–Kier alpha value is -0.890. The van der Waals surface area contributed by atoms with Gasteiger partial charge in [-0.2, -0.15) is 0 Å². The summed E-state index contributed by atoms with van der Waals surface area (Å²) in [6.45, 7) is 8.75. The zero-order valence-corrected chi connectivity index (χ0v) is 11.0. The van der Waals surface area contributed by atoms with E-state index in [4.69, 9.17) is 0 Å². The SMILES string of the molecule is CC1(C)C(C(O)Cc2cccc(F)c2)C1(C)C. The van der Waals surface area contributed by atoms with Gasteiger partial charge >= 0.3 is 0 Å². The Morgan fingerprint density at radius 3 is 2.29 bits per heavy atom. The molecule has 1 saturated carbocycles. The lowest BCUT2D eigenvalue weighted by atomic mass is 9.99. The first-order valence-corrected chi connectivity index (χ1v) is 6.19. The van der Waals surface area contributed by atoms with E-state index in [1.54, 1.807) is 6.07 Å². The maximum Gasteiger partial charge on any atom is 0.123 e. The number of aliphatic hydroxyl groups is 1. The minimum absolute atomic E-state index is 0.166. The number of rotatable bonds is 3. The van der Waals surface area contributed by atoms with Gasteiger partial charge in [0.1, 0.15) is 5.82 Å². The van der Waals surface area contributed by atoms with E-state index in [-0.39, 0.29) is 22.8 Å². The van der Waals surface area contributed by atoms with Crippen LogP contribution in [0, 0.1) is 22.6 Å². The summed E-state index contributed by atoms with van der Waals surface area (Å²) in [7, 11) is 0. The van der Waals surface area contributed by atoms with Crippen LogP contribution in [-0.4, -0.2) is 11.2 Å². The van der Waals surface area contributed by atoms with Crippen LogP contribution < -0.4 is 0 Å². The minimum Gasteiger partial charge on any atom is -0.392 e. The molecule has 1 aromatic carbocycles. The molecule has 2 heteroatoms. The Balaban J connectivity index is 2.07. The zero-order chi connectivity index (χ0) is 12.8. The maximum atomic E-state index is 13.1. The predicted octanol–water partition coefficient (Wildman–Crippen LogP) is 3.41. The van der Waals surface area contributed by atoms with Gasteiger partial charge in [0.15, 0.2) is 0 Å². The van der Waals surface area contributed by atoms with Crippen molar-refractivity contribution >= 4 is 0 Å². The fourth-order valence-electron chi connectivity index (χ4n) is 3.23. The van der Waals surface area contributed by atoms with E-state index in [1.807, 2.05) is 6.07 Å². The van der Waals surface area contributed by atoms with E-state index in [0.717, 1.165) is 5.56 Å². The Kier molecular flexibility index (Phi) is 2.81. The highest BCUT2D eigenvalue weighted by Gasteiger charge is 2.66. The quantitative estimate of drug-likeness (QED) is 0.852. The summed E-state index contributed by atoms with van der Waals surface area (Å²) >= 11 is 0. The van der Waals surface area contributed by atoms with Crippen molar-refractivity contribution in [2.24, 2.45) is 16.7 Å². The predicted molar refractivity (Wildman–Crippen MR) is 67.2 cm³/mol. The molecule has 0 heterocycles. The highest BCUT2D eigenvalue weighted by molar-refractivity contribution is 5.21. The number of hydrogen-bond donors (Lipinski definition) is 1. The van der Waals surface area contributed by atoms with Gasteiger partial charge in [-0.1, -0.05) is 39.8 Å². The molecule has 0 bridgehead atoms. The number of benzene rings is 1. The molecule has 0 aliphatic heterocycles. The van der Waals surface area contributed by atoms with Crippen molar-refractivity contribution in [3.8, 4) is 0 Å². The molecular formula is C15H21FO. The van der Waals surface area contributed by atoms with Crippen LogP contribution >= 0.6 is 0 Å². The summed E-state index contributed by atoms with van der Waals surface area (Å²) in [5.74, 6) is 0.0577. The lowest BCUT2D eigenvalue weighted by Crippen LogP contribution is -2.17. The minimum atomic E-state index is -0.387. The van der Waals surface area contributed by atoms with Gasteiger partial charge in [0, 0.05) is 0 Å². The molecule has 94 valence electrons. The first-order valence-electron chi connectivity index (χ1n) is 6.19. The molecule has 0 saturated heterocycles. The summed E-state index contributed by atoms with van der Waals surface area (Å²) < 4.78 is 13.1. The average molecular weight is 236 g/mol. The third-order valence-corrected chi connectivity index (χ3v) is 4.85. The molecule has 1 atom stereocenters. The molecule has 0 radical (unpaired) electrons. The van der Waals surface area contributed by atoms with Crippen LogP contribution in [0.1, 0.15) is 33.3 Å². The van der Waals surface area contributed by atoms with Crippen molar-refractivity contribution in [3.05, 3.63) is 35.6 Å². The van der Waals surface area contributed by atoms with Gasteiger partial charge in [-0.3, -0.25) is 0 Å². The molecule has 0 amide bonds. The van der Waals surface area contributed by atoms with Crippen molar-refractivity contribution in [3.63, 3.8) is 0 Å². The van der Waals surface area contributed by atoms with Gasteiger partial charge in [0.25, 0.3) is 0 Å². The average Bonchev–Trinajstić information content (AvgIpc) is 2.56. The second-order valence-electron chi connectivity index (χ2n) is 6.32. The van der Waals surface area contributed by atoms with Gasteiger partial charge in [-0.05, 0) is 40.9 Å². The monoisotopic (exact) mass is 236 g/mol. The van der Waals surface area contributed by atoms with E-state index < -0.39 is 0 Å². The van der Waals surface area contributed by atoms with Gasteiger partial charge in [0.2, 0.25) is 0 Å². The fraction of sp³-hybridized carbons (Fsp3) is 0.600. The molecular weight excluding hydrogens is 215 g/mol. The van der Waals surface area contributed by atoms with Crippen LogP contribution in [0.3, 0.4) is 0 Å². The third-order valence-electron chi connectivity index (χ3n) is 4.85. The first-order chi connectivity index (χ1) is 7.76. The summed E-state index contributed by atoms with van der Waals surface area (Å²) in [6.07, 6.45) is 0.150. The second kappa shape index (κ2) is 3.81. The van der Waals surface area contributed by atoms with Crippen LogP contribution in [0.25, 0.3) is 0 Å². The highest BCUT2D eigenvalue weighted by atomic mass is 19.1. The Labute approximate surface area is 103 Å². The van der Waals surface area contributed by atoms with E-state index in [1.165, 1.54) is 12.1 Å². The molecule has 1 aromatic rings. The Morgan fingerprint density at radius 1 is 1.24 bits per heavy atom. The third kappa shape index (κ3) is 1.99. The van der Waals surface area contributed by atoms with Crippen molar-refractivity contribution < 1.29 is 9.50 Å². The van der Waals surface area contributed by atoms with Crippen LogP contribution in [0.2, 0.25) is 0 Å². The highest BCUT2D eigenvalue weighted by Crippen LogP contribution is 2.69. The second-order valence-corrected chi connectivity index (χ2v) is 6.32. The molecule has 1 N–H and O–H groups in total. The van der Waals surface area contributed by atoms with Gasteiger partial charge in [-0.15, -0.1) is 0 Å². The first kappa shape index (κ1) is 12.6. The molecule has 1 aliphatic carbocycles. The van der Waals surface area contributed by atoms with E-state index >= 15 is 0 Å². The molecule has 1 fully saturated rings. The summed E-state index contributed by atoms with van der Waals surface area (Å²) in [6, 6.07) is 6.50. The molecule has 1 aliphatic rings. The van der Waals surface area contributed by atoms with Crippen LogP contribution in [0.15, 0.2) is 24.3 Å². The summed E-state index contributed by atoms with van der Waals surface area (Å²) in [5, 5.41) is 10.3. The number of hydrogen-bond acceptors (Lipinski definition) is 1. The van der Waals surface area contributed by atoms with Gasteiger partial charge in [0.05, 0.1) is 6.10 Å². The maximum absolute atomic E-state index is 13.1. The lowest BCUT2D eigenvalue weighted by molar-refractivity contribution is 0.129. The Morgan fingerprint density at radius 2 is 1.82 bits per heavy atom. The van der Waals surface area contributed by atoms with Crippen LogP contribution in [-0.2, 0) is 6.42 Å². The van der Waals surface area contributed by atoms with Crippen LogP contribution in [0.4, 0.5) is 4.39 Å². The molecule has 0 spiro atoms. The standard InChI is InChI=1S/C15H21FO/c1-14(2)13(15(14,3)4)12(17)9-10-6-5-7-11(16)8-10/h5-8,12-13,17H,9H2,1-4H3. The lowest BCUT2D eigenvalue weighted by Gasteiger charge is -2.12. The molecule has 2 rings (SSSR count). The zero-order valence-electron chi connectivity index (χ0n) is 11.0. The van der Waals surface area contributed by atoms with Crippen molar-refractivity contribution in [1.29, 1.82) is 0 Å². The molecule has 0 aromatic heterocycles. The van der Waals surface area contributed by atoms with Crippen LogP contribution in [0.5, 0.6) is 0 Å². The summed E-state index contributed by atoms with van der Waals surface area (Å²) in [4.78, 5) is 0. The smallest absolute Gasteiger partial charge is 0.123 e. The number of aliphatic hydroxyl groups excluding tert-OH is 1. The van der Waals surface area contributed by atoms with Crippen molar-refractivity contribution in [2.45, 2.75) is 40.2 Å². The van der Waals surface area contributed by atoms with Gasteiger partial charge < -0.3 is 5.11 Å². The Bertz CT molecular complexity index is 409. The van der Waals surface area contributed by atoms with E-state index in [9.17, 15) is 9.50 Å². The summed E-state index contributed by atoms with van der Waals surface area (Å²) in [5.41, 5.74) is 1.20. The van der Waals surface area contributed by atoms with Crippen molar-refractivity contribution in [2.75, 3.05) is 0 Å². The van der Waals surface area contributed by atoms with E-state index in [0.29, 0.717) is 12.3 Å². The topological polar surface area (TPSA) is 20.2 Å². The molecule has 1 nitrogen and oxygen atoms in total. The fourth-order valence-corrected chi connectivity index (χ4v) is 3.23. The molecule has 17 heavy (non-hydrogen) atoms. The molecule has 1 unspecified atom stereocenters. The van der Waals surface area contributed by atoms with Gasteiger partial charge in [-0.25, -0.2) is 4.39 Å². The van der Waals surface area contributed by atoms with E-state index in [2.05, 4.69) is 27.7 Å². The van der Waals surface area contributed by atoms with Crippen molar-refractivity contribution in [1.82, 2.24) is 0 Å². The largest absolute Gasteiger partial charge is 0.392 e. The number of halogens is 1. The normalized spacial score (nSPS) is 23.4.